The van der Waals surface area contributed by atoms with Crippen LogP contribution >= 0.6 is 0 Å². The Morgan fingerprint density at radius 3 is 1.44 bits per heavy atom. The van der Waals surface area contributed by atoms with Crippen LogP contribution in [-0.4, -0.2) is 34.2 Å². The fourth-order valence-corrected chi connectivity index (χ4v) is 2.09. The molecular weight excluding hydrogens is 346 g/mol. The fourth-order valence-electron chi connectivity index (χ4n) is 2.09. The van der Waals surface area contributed by atoms with Crippen molar-refractivity contribution in [1.82, 2.24) is 10.9 Å². The molecule has 27 heavy (non-hydrogen) atoms. The molecule has 8 nitrogen and oxygen atoms in total. The van der Waals surface area contributed by atoms with Crippen LogP contribution in [-0.2, 0) is 0 Å². The molecular formula is C19H19N5O3. The van der Waals surface area contributed by atoms with Crippen molar-refractivity contribution in [2.75, 3.05) is 0 Å². The number of carbonyl (C=O) groups excluding carboxylic acids is 2. The predicted octanol–water partition coefficient (Wildman–Crippen LogP) is 2.43. The average molecular weight is 365 g/mol. The van der Waals surface area contributed by atoms with E-state index in [0.717, 1.165) is 0 Å². The number of hydrogen-bond acceptors (Lipinski definition) is 6. The van der Waals surface area contributed by atoms with E-state index < -0.39 is 11.8 Å². The van der Waals surface area contributed by atoms with Crippen molar-refractivity contribution >= 4 is 28.9 Å². The molecule has 8 heteroatoms. The molecule has 0 atom stereocenters. The number of benzene rings is 2. The van der Waals surface area contributed by atoms with Crippen molar-refractivity contribution in [1.29, 1.82) is 0 Å². The van der Waals surface area contributed by atoms with E-state index in [1.807, 2.05) is 0 Å². The van der Waals surface area contributed by atoms with E-state index in [1.165, 1.54) is 0 Å². The Hall–Kier alpha value is -3.81. The van der Waals surface area contributed by atoms with Crippen LogP contribution in [0.1, 0.15) is 34.6 Å². The van der Waals surface area contributed by atoms with Crippen molar-refractivity contribution in [3.8, 4) is 0 Å². The molecule has 0 aromatic heterocycles. The van der Waals surface area contributed by atoms with Gasteiger partial charge in [0.1, 0.15) is 5.71 Å². The molecule has 0 heterocycles. The molecule has 3 N–H and O–H groups in total. The van der Waals surface area contributed by atoms with Crippen molar-refractivity contribution in [3.05, 3.63) is 71.8 Å². The second-order valence-corrected chi connectivity index (χ2v) is 5.46. The Kier molecular flexibility index (Phi) is 6.95. The molecule has 0 aliphatic heterocycles. The molecule has 138 valence electrons. The van der Waals surface area contributed by atoms with Crippen LogP contribution in [0.15, 0.2) is 76.0 Å². The lowest BCUT2D eigenvalue weighted by Gasteiger charge is -2.06. The number of hydrogen-bond donors (Lipinski definition) is 3. The molecule has 0 aliphatic carbocycles. The maximum atomic E-state index is 12.0. The lowest BCUT2D eigenvalue weighted by Crippen LogP contribution is -2.28. The van der Waals surface area contributed by atoms with Gasteiger partial charge in [-0.1, -0.05) is 41.6 Å². The highest BCUT2D eigenvalue weighted by Gasteiger charge is 2.12. The van der Waals surface area contributed by atoms with Crippen LogP contribution in [0.25, 0.3) is 0 Å². The molecule has 0 aliphatic rings. The maximum Gasteiger partial charge on any atom is 0.271 e. The van der Waals surface area contributed by atoms with Crippen LogP contribution in [0.2, 0.25) is 0 Å². The van der Waals surface area contributed by atoms with E-state index in [1.54, 1.807) is 74.5 Å². The van der Waals surface area contributed by atoms with E-state index in [9.17, 15) is 14.8 Å². The van der Waals surface area contributed by atoms with Crippen LogP contribution in [0.4, 0.5) is 0 Å². The first-order chi connectivity index (χ1) is 13.0. The SMILES string of the molecule is CC(=NNC(=O)c1ccccc1)C(=NO)C(C)=NNC(=O)c1ccccc1. The number of nitrogens with zero attached hydrogens (tertiary/aromatic N) is 3. The number of carbonyl (C=O) groups is 2. The highest BCUT2D eigenvalue weighted by atomic mass is 16.4. The van der Waals surface area contributed by atoms with Gasteiger partial charge < -0.3 is 5.21 Å². The third kappa shape index (κ3) is 5.60. The van der Waals surface area contributed by atoms with E-state index >= 15 is 0 Å². The summed E-state index contributed by atoms with van der Waals surface area (Å²) in [5.41, 5.74) is 6.09. The Labute approximate surface area is 156 Å². The van der Waals surface area contributed by atoms with Gasteiger partial charge in [-0.2, -0.15) is 10.2 Å². The number of hydrazone groups is 2. The smallest absolute Gasteiger partial charge is 0.271 e. The average Bonchev–Trinajstić information content (AvgIpc) is 2.72. The highest BCUT2D eigenvalue weighted by molar-refractivity contribution is 6.67. The van der Waals surface area contributed by atoms with Crippen LogP contribution < -0.4 is 10.9 Å². The molecule has 0 radical (unpaired) electrons. The molecule has 0 saturated carbocycles. The summed E-state index contributed by atoms with van der Waals surface area (Å²) in [5.74, 6) is -0.807. The van der Waals surface area contributed by atoms with Gasteiger partial charge in [-0.15, -0.1) is 0 Å². The zero-order valence-electron chi connectivity index (χ0n) is 14.9. The summed E-state index contributed by atoms with van der Waals surface area (Å²) < 4.78 is 0. The standard InChI is InChI=1S/C19H19N5O3/c1-13(20-22-18(25)15-9-5-3-6-10-15)17(24-27)14(2)21-23-19(26)16-11-7-4-8-12-16/h3-12,27H,1-2H3,(H,22,25)(H,23,26). The Bertz CT molecular complexity index is 819. The molecule has 2 aromatic rings. The van der Waals surface area contributed by atoms with Gasteiger partial charge in [0, 0.05) is 11.1 Å². The summed E-state index contributed by atoms with van der Waals surface area (Å²) in [6.07, 6.45) is 0. The lowest BCUT2D eigenvalue weighted by atomic mass is 10.2. The summed E-state index contributed by atoms with van der Waals surface area (Å²) in [5, 5.41) is 20.2. The van der Waals surface area contributed by atoms with Crippen LogP contribution in [0.3, 0.4) is 0 Å². The minimum Gasteiger partial charge on any atom is -0.410 e. The van der Waals surface area contributed by atoms with Gasteiger partial charge in [-0.3, -0.25) is 9.59 Å². The number of oxime groups is 1. The third-order valence-electron chi connectivity index (χ3n) is 3.51. The van der Waals surface area contributed by atoms with E-state index in [2.05, 4.69) is 26.2 Å². The molecule has 0 spiro atoms. The first-order valence-electron chi connectivity index (χ1n) is 8.05. The molecule has 0 unspecified atom stereocenters. The molecule has 0 bridgehead atoms. The normalized spacial score (nSPS) is 11.5. The first-order valence-corrected chi connectivity index (χ1v) is 8.05. The third-order valence-corrected chi connectivity index (χ3v) is 3.51. The molecule has 0 saturated heterocycles. The summed E-state index contributed by atoms with van der Waals surface area (Å²) in [6, 6.07) is 17.1. The highest BCUT2D eigenvalue weighted by Crippen LogP contribution is 1.99. The largest absolute Gasteiger partial charge is 0.410 e. The number of amides is 2. The second-order valence-electron chi connectivity index (χ2n) is 5.46. The summed E-state index contributed by atoms with van der Waals surface area (Å²) in [7, 11) is 0. The quantitative estimate of drug-likeness (QED) is 0.415. The Morgan fingerprint density at radius 1 is 0.741 bits per heavy atom. The topological polar surface area (TPSA) is 116 Å². The predicted molar refractivity (Wildman–Crippen MR) is 103 cm³/mol. The van der Waals surface area contributed by atoms with Gasteiger partial charge in [0.05, 0.1) is 11.4 Å². The van der Waals surface area contributed by atoms with E-state index in [4.69, 9.17) is 0 Å². The molecule has 0 fully saturated rings. The van der Waals surface area contributed by atoms with Crippen molar-refractivity contribution < 1.29 is 14.8 Å². The van der Waals surface area contributed by atoms with Crippen molar-refractivity contribution in [2.45, 2.75) is 13.8 Å². The second kappa shape index (κ2) is 9.62. The number of rotatable bonds is 6. The molecule has 2 rings (SSSR count). The monoisotopic (exact) mass is 365 g/mol. The van der Waals surface area contributed by atoms with Gasteiger partial charge in [0.15, 0.2) is 0 Å². The molecule has 2 amide bonds. The zero-order chi connectivity index (χ0) is 19.6. The summed E-state index contributed by atoms with van der Waals surface area (Å²) in [4.78, 5) is 24.0. The van der Waals surface area contributed by atoms with Gasteiger partial charge in [0.2, 0.25) is 0 Å². The van der Waals surface area contributed by atoms with Gasteiger partial charge in [-0.25, -0.2) is 10.9 Å². The first kappa shape index (κ1) is 19.5. The maximum absolute atomic E-state index is 12.0. The number of nitrogens with one attached hydrogen (secondary N) is 2. The summed E-state index contributed by atoms with van der Waals surface area (Å²) in [6.45, 7) is 3.08. The van der Waals surface area contributed by atoms with Gasteiger partial charge in [0.25, 0.3) is 11.8 Å². The summed E-state index contributed by atoms with van der Waals surface area (Å²) >= 11 is 0. The van der Waals surface area contributed by atoms with Crippen LogP contribution in [0.5, 0.6) is 0 Å². The van der Waals surface area contributed by atoms with Crippen LogP contribution in [0, 0.1) is 0 Å². The fraction of sp³-hybridized carbons (Fsp3) is 0.105. The van der Waals surface area contributed by atoms with Crippen molar-refractivity contribution in [2.24, 2.45) is 15.4 Å². The van der Waals surface area contributed by atoms with E-state index in [0.29, 0.717) is 11.1 Å². The molecule has 2 aromatic carbocycles. The zero-order valence-corrected chi connectivity index (χ0v) is 14.9. The minimum atomic E-state index is -0.404. The Balaban J connectivity index is 2.03. The van der Waals surface area contributed by atoms with Gasteiger partial charge >= 0.3 is 0 Å². The van der Waals surface area contributed by atoms with Crippen molar-refractivity contribution in [3.63, 3.8) is 0 Å². The Morgan fingerprint density at radius 2 is 1.11 bits per heavy atom. The van der Waals surface area contributed by atoms with Gasteiger partial charge in [-0.05, 0) is 38.1 Å². The van der Waals surface area contributed by atoms with E-state index in [-0.39, 0.29) is 17.1 Å². The lowest BCUT2D eigenvalue weighted by molar-refractivity contribution is 0.0947. The minimum absolute atomic E-state index is 0.0247.